The number of hydrogen-bond donors (Lipinski definition) is 1. The third-order valence-corrected chi connectivity index (χ3v) is 5.14. The van der Waals surface area contributed by atoms with Gasteiger partial charge in [-0.05, 0) is 57.2 Å². The van der Waals surface area contributed by atoms with Crippen LogP contribution >= 0.6 is 0 Å². The first-order valence-corrected chi connectivity index (χ1v) is 9.07. The Balaban J connectivity index is 1.44. The number of hydrogen-bond acceptors (Lipinski definition) is 4. The van der Waals surface area contributed by atoms with Crippen LogP contribution in [-0.2, 0) is 4.74 Å². The van der Waals surface area contributed by atoms with Crippen LogP contribution in [0.4, 0.5) is 4.79 Å². The smallest absolute Gasteiger partial charge is 0.410 e. The molecule has 1 aliphatic heterocycles. The minimum atomic E-state index is -0.519. The van der Waals surface area contributed by atoms with Crippen LogP contribution in [0.3, 0.4) is 0 Å². The molecule has 3 atom stereocenters. The van der Waals surface area contributed by atoms with Gasteiger partial charge in [0, 0.05) is 18.5 Å². The van der Waals surface area contributed by atoms with Crippen molar-refractivity contribution in [3.63, 3.8) is 0 Å². The van der Waals surface area contributed by atoms with E-state index in [-0.39, 0.29) is 18.0 Å². The monoisotopic (exact) mass is 356 g/mol. The van der Waals surface area contributed by atoms with Gasteiger partial charge in [-0.3, -0.25) is 4.79 Å². The Kier molecular flexibility index (Phi) is 3.93. The van der Waals surface area contributed by atoms with Gasteiger partial charge in [-0.1, -0.05) is 6.07 Å². The van der Waals surface area contributed by atoms with Crippen LogP contribution in [0, 0.1) is 11.8 Å². The lowest BCUT2D eigenvalue weighted by Crippen LogP contribution is -2.47. The Morgan fingerprint density at radius 3 is 2.88 bits per heavy atom. The van der Waals surface area contributed by atoms with Crippen molar-refractivity contribution in [1.82, 2.24) is 10.2 Å². The molecule has 3 unspecified atom stereocenters. The lowest BCUT2D eigenvalue weighted by Gasteiger charge is -2.30. The zero-order valence-corrected chi connectivity index (χ0v) is 15.3. The summed E-state index contributed by atoms with van der Waals surface area (Å²) in [4.78, 5) is 26.9. The molecule has 26 heavy (non-hydrogen) atoms. The van der Waals surface area contributed by atoms with Gasteiger partial charge in [0.25, 0.3) is 5.91 Å². The largest absolute Gasteiger partial charge is 0.464 e. The van der Waals surface area contributed by atoms with E-state index in [9.17, 15) is 9.59 Å². The number of nitrogens with one attached hydrogen (secondary N) is 1. The lowest BCUT2D eigenvalue weighted by molar-refractivity contribution is 0.0192. The maximum Gasteiger partial charge on any atom is 0.410 e. The van der Waals surface area contributed by atoms with Gasteiger partial charge in [0.1, 0.15) is 11.2 Å². The molecular formula is C20H24N2O4. The summed E-state index contributed by atoms with van der Waals surface area (Å²) in [7, 11) is 0. The van der Waals surface area contributed by atoms with E-state index in [1.54, 1.807) is 29.4 Å². The first kappa shape index (κ1) is 16.9. The van der Waals surface area contributed by atoms with Crippen LogP contribution in [0.2, 0.25) is 0 Å². The van der Waals surface area contributed by atoms with Crippen LogP contribution in [0.15, 0.2) is 34.9 Å². The number of likely N-dealkylation sites (tertiary alicyclic amines) is 1. The third kappa shape index (κ3) is 3.16. The predicted octanol–water partition coefficient (Wildman–Crippen LogP) is 3.42. The molecule has 0 spiro atoms. The van der Waals surface area contributed by atoms with Gasteiger partial charge in [-0.15, -0.1) is 0 Å². The standard InChI is InChI=1S/C20H24N2O4/c1-20(2,3)26-19(24)22-11-12-9-15(12)16(22)10-21-18(23)14-5-4-6-17-13(14)7-8-25-17/h4-8,12,15-16H,9-11H2,1-3H3,(H,21,23). The maximum absolute atomic E-state index is 12.7. The first-order chi connectivity index (χ1) is 12.3. The number of carbonyl (C=O) groups is 2. The summed E-state index contributed by atoms with van der Waals surface area (Å²) >= 11 is 0. The molecule has 1 N–H and O–H groups in total. The fourth-order valence-corrected chi connectivity index (χ4v) is 3.85. The number of ether oxygens (including phenoxy) is 1. The van der Waals surface area contributed by atoms with E-state index < -0.39 is 5.60 Å². The van der Waals surface area contributed by atoms with Crippen molar-refractivity contribution in [2.45, 2.75) is 38.8 Å². The first-order valence-electron chi connectivity index (χ1n) is 9.07. The summed E-state index contributed by atoms with van der Waals surface area (Å²) < 4.78 is 10.9. The predicted molar refractivity (Wildman–Crippen MR) is 96.9 cm³/mol. The highest BCUT2D eigenvalue weighted by Crippen LogP contribution is 2.49. The molecule has 1 aliphatic carbocycles. The second-order valence-corrected chi connectivity index (χ2v) is 8.21. The second kappa shape index (κ2) is 6.04. The normalized spacial score (nSPS) is 24.4. The number of nitrogens with zero attached hydrogens (tertiary/aromatic N) is 1. The van der Waals surface area contributed by atoms with E-state index in [2.05, 4.69) is 5.32 Å². The molecule has 2 heterocycles. The Hall–Kier alpha value is -2.50. The Bertz CT molecular complexity index is 851. The average molecular weight is 356 g/mol. The molecule has 6 nitrogen and oxygen atoms in total. The van der Waals surface area contributed by atoms with Gasteiger partial charge in [-0.2, -0.15) is 0 Å². The van der Waals surface area contributed by atoms with Crippen LogP contribution in [0.25, 0.3) is 11.0 Å². The molecular weight excluding hydrogens is 332 g/mol. The Morgan fingerprint density at radius 1 is 1.31 bits per heavy atom. The number of furan rings is 1. The van der Waals surface area contributed by atoms with Crippen molar-refractivity contribution in [3.8, 4) is 0 Å². The molecule has 1 aromatic carbocycles. The van der Waals surface area contributed by atoms with Gasteiger partial charge >= 0.3 is 6.09 Å². The zero-order valence-electron chi connectivity index (χ0n) is 15.3. The van der Waals surface area contributed by atoms with Crippen molar-refractivity contribution in [3.05, 3.63) is 36.1 Å². The van der Waals surface area contributed by atoms with E-state index in [4.69, 9.17) is 9.15 Å². The molecule has 2 amide bonds. The molecule has 138 valence electrons. The van der Waals surface area contributed by atoms with Crippen LogP contribution in [-0.4, -0.2) is 41.6 Å². The van der Waals surface area contributed by atoms with E-state index >= 15 is 0 Å². The molecule has 1 saturated carbocycles. The van der Waals surface area contributed by atoms with Crippen LogP contribution < -0.4 is 5.32 Å². The minimum Gasteiger partial charge on any atom is -0.464 e. The van der Waals surface area contributed by atoms with Crippen molar-refractivity contribution < 1.29 is 18.7 Å². The number of benzene rings is 1. The maximum atomic E-state index is 12.7. The summed E-state index contributed by atoms with van der Waals surface area (Å²) in [6, 6.07) is 7.22. The topological polar surface area (TPSA) is 71.8 Å². The summed E-state index contributed by atoms with van der Waals surface area (Å²) in [6.45, 7) is 6.75. The number of rotatable bonds is 3. The van der Waals surface area contributed by atoms with Crippen LogP contribution in [0.1, 0.15) is 37.6 Å². The number of amides is 2. The molecule has 4 rings (SSSR count). The number of fused-ring (bicyclic) bond motifs is 2. The van der Waals surface area contributed by atoms with Crippen molar-refractivity contribution in [2.24, 2.45) is 11.8 Å². The van der Waals surface area contributed by atoms with E-state index in [0.717, 1.165) is 18.4 Å². The molecule has 1 aromatic heterocycles. The Morgan fingerprint density at radius 2 is 2.12 bits per heavy atom. The molecule has 1 saturated heterocycles. The van der Waals surface area contributed by atoms with Gasteiger partial charge < -0.3 is 19.4 Å². The summed E-state index contributed by atoms with van der Waals surface area (Å²) in [6.07, 6.45) is 2.41. The second-order valence-electron chi connectivity index (χ2n) is 8.21. The average Bonchev–Trinajstić information content (AvgIpc) is 3.02. The highest BCUT2D eigenvalue weighted by molar-refractivity contribution is 6.05. The molecule has 2 aromatic rings. The number of carbonyl (C=O) groups excluding carboxylic acids is 2. The molecule has 2 aliphatic rings. The zero-order chi connectivity index (χ0) is 18.5. The van der Waals surface area contributed by atoms with E-state index in [1.807, 2.05) is 26.8 Å². The van der Waals surface area contributed by atoms with Crippen molar-refractivity contribution >= 4 is 23.0 Å². The fourth-order valence-electron chi connectivity index (χ4n) is 3.85. The number of piperidine rings is 1. The van der Waals surface area contributed by atoms with Gasteiger partial charge in [0.05, 0.1) is 17.9 Å². The van der Waals surface area contributed by atoms with Gasteiger partial charge in [0.2, 0.25) is 0 Å². The van der Waals surface area contributed by atoms with Crippen molar-refractivity contribution in [2.75, 3.05) is 13.1 Å². The highest BCUT2D eigenvalue weighted by atomic mass is 16.6. The van der Waals surface area contributed by atoms with Gasteiger partial charge in [-0.25, -0.2) is 4.79 Å². The van der Waals surface area contributed by atoms with Gasteiger partial charge in [0.15, 0.2) is 0 Å². The molecule has 2 fully saturated rings. The van der Waals surface area contributed by atoms with Crippen molar-refractivity contribution in [1.29, 1.82) is 0 Å². The summed E-state index contributed by atoms with van der Waals surface area (Å²) in [5, 5.41) is 3.79. The summed E-state index contributed by atoms with van der Waals surface area (Å²) in [5.74, 6) is 0.861. The summed E-state index contributed by atoms with van der Waals surface area (Å²) in [5.41, 5.74) is 0.760. The van der Waals surface area contributed by atoms with Crippen LogP contribution in [0.5, 0.6) is 0 Å². The fraction of sp³-hybridized carbons (Fsp3) is 0.500. The SMILES string of the molecule is CC(C)(C)OC(=O)N1CC2CC2C1CNC(=O)c1cccc2occc12. The quantitative estimate of drug-likeness (QED) is 0.915. The molecule has 6 heteroatoms. The minimum absolute atomic E-state index is 0.00218. The molecule has 0 radical (unpaired) electrons. The Labute approximate surface area is 152 Å². The lowest BCUT2D eigenvalue weighted by atomic mass is 10.1. The highest BCUT2D eigenvalue weighted by Gasteiger charge is 2.54. The molecule has 0 bridgehead atoms. The third-order valence-electron chi connectivity index (χ3n) is 5.14. The van der Waals surface area contributed by atoms with E-state index in [0.29, 0.717) is 29.5 Å². The van der Waals surface area contributed by atoms with E-state index in [1.165, 1.54) is 0 Å².